The van der Waals surface area contributed by atoms with Gasteiger partial charge in [-0.15, -0.1) is 0 Å². The number of nitrogens with zero attached hydrogens (tertiary/aromatic N) is 1. The zero-order valence-corrected chi connectivity index (χ0v) is 18.5. The monoisotopic (exact) mass is 414 g/mol. The van der Waals surface area contributed by atoms with Crippen LogP contribution in [0.2, 0.25) is 0 Å². The molecule has 0 fully saturated rings. The van der Waals surface area contributed by atoms with Crippen LogP contribution in [0.1, 0.15) is 47.3 Å². The Hall–Kier alpha value is -3.27. The Balaban J connectivity index is 1.71. The number of methoxy groups -OCH3 is 1. The summed E-state index contributed by atoms with van der Waals surface area (Å²) in [4.78, 5) is 14.4. The molecule has 0 unspecified atom stereocenters. The summed E-state index contributed by atoms with van der Waals surface area (Å²) in [5.74, 6) is 0.838. The van der Waals surface area contributed by atoms with Crippen molar-refractivity contribution < 1.29 is 9.53 Å². The number of carbonyl (C=O) groups excluding carboxylic acids is 1. The molecule has 0 bridgehead atoms. The maximum Gasteiger partial charge on any atom is 0.152 e. The molecule has 160 valence electrons. The molecule has 4 nitrogen and oxygen atoms in total. The van der Waals surface area contributed by atoms with Crippen LogP contribution in [0.15, 0.2) is 66.7 Å². The quantitative estimate of drug-likeness (QED) is 0.496. The number of ether oxygens (including phenoxy) is 1. The molecule has 3 aromatic rings. The predicted molar refractivity (Wildman–Crippen MR) is 127 cm³/mol. The highest BCUT2D eigenvalue weighted by Crippen LogP contribution is 2.45. The number of fused-ring (bicyclic) bond motifs is 1. The van der Waals surface area contributed by atoms with Crippen molar-refractivity contribution in [2.24, 2.45) is 0 Å². The lowest BCUT2D eigenvalue weighted by atomic mass is 9.76. The van der Waals surface area contributed by atoms with Crippen molar-refractivity contribution in [3.05, 3.63) is 89.0 Å². The van der Waals surface area contributed by atoms with Crippen LogP contribution in [0.4, 0.5) is 11.4 Å². The van der Waals surface area contributed by atoms with Gasteiger partial charge in [0.15, 0.2) is 6.29 Å². The highest BCUT2D eigenvalue weighted by atomic mass is 16.5. The normalized spacial score (nSPS) is 14.6. The van der Waals surface area contributed by atoms with E-state index in [2.05, 4.69) is 54.4 Å². The molecule has 0 atom stereocenters. The van der Waals surface area contributed by atoms with E-state index in [9.17, 15) is 4.79 Å². The molecule has 3 aromatic carbocycles. The fourth-order valence-corrected chi connectivity index (χ4v) is 4.32. The fraction of sp³-hybridized carbons (Fsp3) is 0.296. The summed E-state index contributed by atoms with van der Waals surface area (Å²) in [5.41, 5.74) is 6.52. The van der Waals surface area contributed by atoms with E-state index in [1.807, 2.05) is 36.4 Å². The van der Waals surface area contributed by atoms with E-state index in [0.29, 0.717) is 12.1 Å². The average Bonchev–Trinajstić information content (AvgIpc) is 2.80. The van der Waals surface area contributed by atoms with Crippen LogP contribution < -0.4 is 15.0 Å². The topological polar surface area (TPSA) is 41.6 Å². The van der Waals surface area contributed by atoms with Gasteiger partial charge in [-0.3, -0.25) is 4.79 Å². The minimum Gasteiger partial charge on any atom is -0.497 e. The highest BCUT2D eigenvalue weighted by Gasteiger charge is 2.33. The first-order valence-corrected chi connectivity index (χ1v) is 10.8. The number of hydrogen-bond acceptors (Lipinski definition) is 4. The number of benzene rings is 3. The standard InChI is InChI=1S/C27H30N2O2/c1-27(2)15-16-29(18-21-7-5-4-6-8-21)26-24(27)14-11-22(19-30)25(26)28-17-20-9-12-23(31-3)13-10-20/h4-14,19,28H,15-18H2,1-3H3. The Morgan fingerprint density at radius 1 is 1.00 bits per heavy atom. The largest absolute Gasteiger partial charge is 0.497 e. The summed E-state index contributed by atoms with van der Waals surface area (Å²) >= 11 is 0. The summed E-state index contributed by atoms with van der Waals surface area (Å²) in [7, 11) is 1.67. The first-order valence-electron chi connectivity index (χ1n) is 10.8. The van der Waals surface area contributed by atoms with E-state index in [1.54, 1.807) is 7.11 Å². The van der Waals surface area contributed by atoms with Crippen LogP contribution in [-0.2, 0) is 18.5 Å². The molecule has 1 heterocycles. The van der Waals surface area contributed by atoms with Gasteiger partial charge < -0.3 is 15.0 Å². The number of carbonyl (C=O) groups is 1. The zero-order valence-electron chi connectivity index (χ0n) is 18.5. The molecule has 0 aliphatic carbocycles. The van der Waals surface area contributed by atoms with E-state index in [4.69, 9.17) is 4.74 Å². The van der Waals surface area contributed by atoms with Gasteiger partial charge >= 0.3 is 0 Å². The number of anilines is 2. The van der Waals surface area contributed by atoms with Crippen molar-refractivity contribution in [2.75, 3.05) is 23.9 Å². The average molecular weight is 415 g/mol. The smallest absolute Gasteiger partial charge is 0.152 e. The number of rotatable bonds is 7. The second kappa shape index (κ2) is 8.84. The molecule has 31 heavy (non-hydrogen) atoms. The van der Waals surface area contributed by atoms with Crippen LogP contribution in [-0.4, -0.2) is 19.9 Å². The number of nitrogens with one attached hydrogen (secondary N) is 1. The Labute approximate surface area is 184 Å². The van der Waals surface area contributed by atoms with Gasteiger partial charge in [0, 0.05) is 25.2 Å². The third-order valence-electron chi connectivity index (χ3n) is 6.23. The van der Waals surface area contributed by atoms with Gasteiger partial charge in [-0.1, -0.05) is 62.4 Å². The van der Waals surface area contributed by atoms with Gasteiger partial charge in [0.2, 0.25) is 0 Å². The van der Waals surface area contributed by atoms with Gasteiger partial charge in [-0.05, 0) is 46.7 Å². The molecule has 4 rings (SSSR count). The third-order valence-corrected chi connectivity index (χ3v) is 6.23. The molecule has 0 radical (unpaired) electrons. The second-order valence-electron chi connectivity index (χ2n) is 8.79. The van der Waals surface area contributed by atoms with Gasteiger partial charge in [0.1, 0.15) is 5.75 Å². The summed E-state index contributed by atoms with van der Waals surface area (Å²) in [6.45, 7) is 7.00. The molecular formula is C27H30N2O2. The molecule has 0 saturated carbocycles. The maximum atomic E-state index is 12.0. The second-order valence-corrected chi connectivity index (χ2v) is 8.79. The van der Waals surface area contributed by atoms with Crippen molar-refractivity contribution in [1.82, 2.24) is 0 Å². The summed E-state index contributed by atoms with van der Waals surface area (Å²) < 4.78 is 5.26. The number of aldehydes is 1. The van der Waals surface area contributed by atoms with Gasteiger partial charge in [-0.2, -0.15) is 0 Å². The van der Waals surface area contributed by atoms with E-state index < -0.39 is 0 Å². The highest BCUT2D eigenvalue weighted by molar-refractivity contribution is 5.92. The Bertz CT molecular complexity index is 1040. The first-order chi connectivity index (χ1) is 15.0. The SMILES string of the molecule is COc1ccc(CNc2c(C=O)ccc3c2N(Cc2ccccc2)CCC3(C)C)cc1. The fourth-order valence-electron chi connectivity index (χ4n) is 4.32. The molecular weight excluding hydrogens is 384 g/mol. The predicted octanol–water partition coefficient (Wildman–Crippen LogP) is 5.81. The minimum atomic E-state index is 0.0560. The van der Waals surface area contributed by atoms with Crippen LogP contribution in [0.5, 0.6) is 5.75 Å². The van der Waals surface area contributed by atoms with E-state index in [1.165, 1.54) is 11.1 Å². The third kappa shape index (κ3) is 4.43. The molecule has 4 heteroatoms. The molecule has 0 aromatic heterocycles. The van der Waals surface area contributed by atoms with E-state index in [-0.39, 0.29) is 5.41 Å². The van der Waals surface area contributed by atoms with Crippen LogP contribution >= 0.6 is 0 Å². The van der Waals surface area contributed by atoms with Crippen LogP contribution in [0.3, 0.4) is 0 Å². The molecule has 1 aliphatic heterocycles. The Kier molecular flexibility index (Phi) is 5.99. The van der Waals surface area contributed by atoms with E-state index in [0.717, 1.165) is 48.5 Å². The van der Waals surface area contributed by atoms with Crippen molar-refractivity contribution >= 4 is 17.7 Å². The molecule has 0 spiro atoms. The lowest BCUT2D eigenvalue weighted by Crippen LogP contribution is -2.37. The lowest BCUT2D eigenvalue weighted by Gasteiger charge is -2.42. The zero-order chi connectivity index (χ0) is 21.8. The van der Waals surface area contributed by atoms with Crippen LogP contribution in [0.25, 0.3) is 0 Å². The molecule has 0 saturated heterocycles. The number of hydrogen-bond donors (Lipinski definition) is 1. The summed E-state index contributed by atoms with van der Waals surface area (Å²) in [5, 5.41) is 3.59. The first kappa shape index (κ1) is 21.0. The van der Waals surface area contributed by atoms with Crippen molar-refractivity contribution in [3.8, 4) is 5.75 Å². The van der Waals surface area contributed by atoms with Gasteiger partial charge in [0.25, 0.3) is 0 Å². The van der Waals surface area contributed by atoms with E-state index >= 15 is 0 Å². The molecule has 1 N–H and O–H groups in total. The summed E-state index contributed by atoms with van der Waals surface area (Å²) in [6, 6.07) is 22.6. The Morgan fingerprint density at radius 2 is 1.74 bits per heavy atom. The lowest BCUT2D eigenvalue weighted by molar-refractivity contribution is 0.112. The Morgan fingerprint density at radius 3 is 2.42 bits per heavy atom. The van der Waals surface area contributed by atoms with Gasteiger partial charge in [0.05, 0.1) is 18.5 Å². The summed E-state index contributed by atoms with van der Waals surface area (Å²) in [6.07, 6.45) is 2.03. The molecule has 1 aliphatic rings. The van der Waals surface area contributed by atoms with Crippen molar-refractivity contribution in [2.45, 2.75) is 38.8 Å². The van der Waals surface area contributed by atoms with Crippen molar-refractivity contribution in [3.63, 3.8) is 0 Å². The minimum absolute atomic E-state index is 0.0560. The maximum absolute atomic E-state index is 12.0. The van der Waals surface area contributed by atoms with Crippen molar-refractivity contribution in [1.29, 1.82) is 0 Å². The molecule has 0 amide bonds. The van der Waals surface area contributed by atoms with Gasteiger partial charge in [-0.25, -0.2) is 0 Å². The van der Waals surface area contributed by atoms with Crippen LogP contribution in [0, 0.1) is 0 Å².